The van der Waals surface area contributed by atoms with E-state index >= 15 is 0 Å². The summed E-state index contributed by atoms with van der Waals surface area (Å²) >= 11 is 0. The highest BCUT2D eigenvalue weighted by Crippen LogP contribution is 2.16. The first-order valence-electron chi connectivity index (χ1n) is 9.32. The van der Waals surface area contributed by atoms with Crippen molar-refractivity contribution in [2.45, 2.75) is 13.8 Å². The normalized spacial score (nSPS) is 10.5. The van der Waals surface area contributed by atoms with Gasteiger partial charge in [-0.15, -0.1) is 0 Å². The van der Waals surface area contributed by atoms with E-state index in [1.165, 1.54) is 16.9 Å². The molecule has 0 radical (unpaired) electrons. The van der Waals surface area contributed by atoms with Gasteiger partial charge >= 0.3 is 5.97 Å². The van der Waals surface area contributed by atoms with Crippen LogP contribution in [0.25, 0.3) is 5.69 Å². The number of pyridine rings is 1. The summed E-state index contributed by atoms with van der Waals surface area (Å²) < 4.78 is 13.4. The van der Waals surface area contributed by atoms with E-state index < -0.39 is 18.5 Å². The van der Waals surface area contributed by atoms with Crippen molar-refractivity contribution in [3.05, 3.63) is 70.3 Å². The Balaban J connectivity index is 1.72. The number of rotatable bonds is 7. The quantitative estimate of drug-likeness (QED) is 0.598. The number of para-hydroxylation sites is 1. The molecular weight excluding hydrogens is 388 g/mol. The van der Waals surface area contributed by atoms with Gasteiger partial charge < -0.3 is 14.8 Å². The number of esters is 1. The Bertz CT molecular complexity index is 1120. The van der Waals surface area contributed by atoms with Gasteiger partial charge in [-0.1, -0.05) is 18.2 Å². The third-order valence-corrected chi connectivity index (χ3v) is 4.43. The Kier molecular flexibility index (Phi) is 6.31. The summed E-state index contributed by atoms with van der Waals surface area (Å²) in [7, 11) is 1.72. The molecule has 0 spiro atoms. The average molecular weight is 410 g/mol. The lowest BCUT2D eigenvalue weighted by Crippen LogP contribution is -2.26. The van der Waals surface area contributed by atoms with E-state index in [0.29, 0.717) is 18.0 Å². The summed E-state index contributed by atoms with van der Waals surface area (Å²) in [6.45, 7) is 3.26. The summed E-state index contributed by atoms with van der Waals surface area (Å²) in [6, 6.07) is 12.1. The second-order valence-corrected chi connectivity index (χ2v) is 6.35. The van der Waals surface area contributed by atoms with E-state index in [-0.39, 0.29) is 22.7 Å². The van der Waals surface area contributed by atoms with Crippen LogP contribution in [-0.2, 0) is 16.6 Å². The minimum atomic E-state index is -0.742. The maximum Gasteiger partial charge on any atom is 0.344 e. The highest BCUT2D eigenvalue weighted by molar-refractivity contribution is 5.96. The number of nitrogens with one attached hydrogen (secondary N) is 1. The van der Waals surface area contributed by atoms with Crippen LogP contribution in [0.3, 0.4) is 0 Å². The molecule has 1 aromatic carbocycles. The summed E-state index contributed by atoms with van der Waals surface area (Å²) in [5, 5.41) is 2.54. The lowest BCUT2D eigenvalue weighted by atomic mass is 10.3. The van der Waals surface area contributed by atoms with Crippen molar-refractivity contribution >= 4 is 17.6 Å². The van der Waals surface area contributed by atoms with Crippen LogP contribution in [0.5, 0.6) is 5.88 Å². The molecule has 0 aliphatic heterocycles. The number of amides is 1. The van der Waals surface area contributed by atoms with Gasteiger partial charge in [-0.05, 0) is 38.1 Å². The Morgan fingerprint density at radius 1 is 1.13 bits per heavy atom. The van der Waals surface area contributed by atoms with Crippen molar-refractivity contribution in [3.8, 4) is 11.6 Å². The van der Waals surface area contributed by atoms with E-state index in [9.17, 15) is 14.4 Å². The van der Waals surface area contributed by atoms with Crippen LogP contribution in [0.2, 0.25) is 0 Å². The van der Waals surface area contributed by atoms with E-state index in [2.05, 4.69) is 10.3 Å². The molecule has 0 atom stereocenters. The highest BCUT2D eigenvalue weighted by atomic mass is 16.5. The highest BCUT2D eigenvalue weighted by Gasteiger charge is 2.20. The molecular formula is C21H22N4O5. The molecule has 156 valence electrons. The third-order valence-electron chi connectivity index (χ3n) is 4.43. The molecule has 0 aliphatic rings. The maximum absolute atomic E-state index is 12.8. The summed E-state index contributed by atoms with van der Waals surface area (Å²) in [5.74, 6) is -1.24. The van der Waals surface area contributed by atoms with Gasteiger partial charge in [0.25, 0.3) is 11.5 Å². The molecule has 3 aromatic rings. The largest absolute Gasteiger partial charge is 0.477 e. The molecule has 9 nitrogen and oxygen atoms in total. The van der Waals surface area contributed by atoms with Crippen molar-refractivity contribution in [1.82, 2.24) is 14.3 Å². The van der Waals surface area contributed by atoms with Gasteiger partial charge in [0.1, 0.15) is 11.3 Å². The van der Waals surface area contributed by atoms with E-state index in [1.54, 1.807) is 43.8 Å². The number of benzene rings is 1. The predicted octanol–water partition coefficient (Wildman–Crippen LogP) is 2.07. The summed E-state index contributed by atoms with van der Waals surface area (Å²) in [5.41, 5.74) is 1.09. The first-order chi connectivity index (χ1) is 14.4. The predicted molar refractivity (Wildman–Crippen MR) is 110 cm³/mol. The number of anilines is 1. The zero-order chi connectivity index (χ0) is 21.7. The zero-order valence-corrected chi connectivity index (χ0v) is 16.9. The first kappa shape index (κ1) is 20.8. The molecule has 1 amide bonds. The number of nitrogens with zero attached hydrogens (tertiary/aromatic N) is 3. The fraction of sp³-hybridized carbons (Fsp3) is 0.238. The Morgan fingerprint density at radius 2 is 1.87 bits per heavy atom. The van der Waals surface area contributed by atoms with Crippen molar-refractivity contribution < 1.29 is 19.1 Å². The number of hydrogen-bond acceptors (Lipinski definition) is 6. The number of carbonyl (C=O) groups excluding carboxylic acids is 2. The number of carbonyl (C=O) groups is 2. The fourth-order valence-corrected chi connectivity index (χ4v) is 2.89. The minimum absolute atomic E-state index is 0.120. The van der Waals surface area contributed by atoms with E-state index in [0.717, 1.165) is 0 Å². The second kappa shape index (κ2) is 9.08. The van der Waals surface area contributed by atoms with Crippen LogP contribution in [0, 0.1) is 6.92 Å². The average Bonchev–Trinajstić information content (AvgIpc) is 2.96. The number of ether oxygens (including phenoxy) is 2. The van der Waals surface area contributed by atoms with Crippen molar-refractivity contribution in [2.24, 2.45) is 7.05 Å². The Morgan fingerprint density at radius 3 is 2.57 bits per heavy atom. The maximum atomic E-state index is 12.8. The Labute approximate surface area is 172 Å². The number of aromatic nitrogens is 3. The van der Waals surface area contributed by atoms with Gasteiger partial charge in [-0.25, -0.2) is 14.5 Å². The van der Waals surface area contributed by atoms with Crippen LogP contribution in [0.15, 0.2) is 53.5 Å². The van der Waals surface area contributed by atoms with Gasteiger partial charge in [-0.2, -0.15) is 0 Å². The topological polar surface area (TPSA) is 104 Å². The molecule has 9 heteroatoms. The van der Waals surface area contributed by atoms with Crippen LogP contribution < -0.4 is 15.6 Å². The molecule has 0 bridgehead atoms. The molecule has 30 heavy (non-hydrogen) atoms. The smallest absolute Gasteiger partial charge is 0.344 e. The van der Waals surface area contributed by atoms with Gasteiger partial charge in [-0.3, -0.25) is 14.3 Å². The van der Waals surface area contributed by atoms with Crippen LogP contribution >= 0.6 is 0 Å². The molecule has 1 N–H and O–H groups in total. The molecule has 0 aliphatic carbocycles. The monoisotopic (exact) mass is 410 g/mol. The minimum Gasteiger partial charge on any atom is -0.477 e. The molecule has 2 aromatic heterocycles. The third kappa shape index (κ3) is 4.24. The molecule has 3 rings (SSSR count). The first-order valence-corrected chi connectivity index (χ1v) is 9.32. The van der Waals surface area contributed by atoms with Gasteiger partial charge in [0.05, 0.1) is 18.0 Å². The zero-order valence-electron chi connectivity index (χ0n) is 16.9. The van der Waals surface area contributed by atoms with Crippen LogP contribution in [-0.4, -0.2) is 39.4 Å². The van der Waals surface area contributed by atoms with Crippen molar-refractivity contribution in [1.29, 1.82) is 0 Å². The molecule has 0 unspecified atom stereocenters. The second-order valence-electron chi connectivity index (χ2n) is 6.35. The SMILES string of the molecule is CCOc1ncccc1C(=O)OCC(=O)Nc1c(C)n(C)n(-c2ccccc2)c1=O. The number of hydrogen-bond donors (Lipinski definition) is 1. The van der Waals surface area contributed by atoms with Crippen LogP contribution in [0.4, 0.5) is 5.69 Å². The molecule has 0 saturated carbocycles. The van der Waals surface area contributed by atoms with Gasteiger partial charge in [0.2, 0.25) is 5.88 Å². The van der Waals surface area contributed by atoms with E-state index in [1.807, 2.05) is 18.2 Å². The fourth-order valence-electron chi connectivity index (χ4n) is 2.89. The lowest BCUT2D eigenvalue weighted by molar-refractivity contribution is -0.119. The molecule has 0 fully saturated rings. The summed E-state index contributed by atoms with van der Waals surface area (Å²) in [6.07, 6.45) is 1.49. The van der Waals surface area contributed by atoms with Crippen molar-refractivity contribution in [2.75, 3.05) is 18.5 Å². The van der Waals surface area contributed by atoms with Gasteiger partial charge in [0, 0.05) is 13.2 Å². The molecule has 2 heterocycles. The lowest BCUT2D eigenvalue weighted by Gasteiger charge is -2.09. The molecule has 0 saturated heterocycles. The van der Waals surface area contributed by atoms with E-state index in [4.69, 9.17) is 9.47 Å². The van der Waals surface area contributed by atoms with Crippen molar-refractivity contribution in [3.63, 3.8) is 0 Å². The van der Waals surface area contributed by atoms with Crippen LogP contribution in [0.1, 0.15) is 23.0 Å². The Hall–Kier alpha value is -3.88. The summed E-state index contributed by atoms with van der Waals surface area (Å²) in [4.78, 5) is 41.4. The van der Waals surface area contributed by atoms with Gasteiger partial charge in [0.15, 0.2) is 6.61 Å². The standard InChI is InChI=1S/C21H22N4O5/c1-4-29-19-16(11-8-12-22-19)21(28)30-13-17(26)23-18-14(2)24(3)25(20(18)27)15-9-6-5-7-10-15/h5-12H,4,13H2,1-3H3,(H,23,26).